The molecule has 0 aliphatic rings. The predicted molar refractivity (Wildman–Crippen MR) is 68.1 cm³/mol. The molecule has 0 saturated carbocycles. The lowest BCUT2D eigenvalue weighted by Gasteiger charge is -2.06. The number of ketones is 1. The third-order valence-electron chi connectivity index (χ3n) is 2.30. The summed E-state index contributed by atoms with van der Waals surface area (Å²) >= 11 is 17.8. The number of benzene rings is 1. The van der Waals surface area contributed by atoms with Gasteiger partial charge in [0.05, 0.1) is 26.8 Å². The highest BCUT2D eigenvalue weighted by atomic mass is 35.5. The van der Waals surface area contributed by atoms with Crippen LogP contribution in [-0.4, -0.2) is 15.6 Å². The van der Waals surface area contributed by atoms with Gasteiger partial charge in [-0.15, -0.1) is 0 Å². The first kappa shape index (κ1) is 12.4. The van der Waals surface area contributed by atoms with E-state index in [1.165, 1.54) is 10.9 Å². The third-order valence-corrected chi connectivity index (χ3v) is 3.21. The summed E-state index contributed by atoms with van der Waals surface area (Å²) in [6.07, 6.45) is 1.40. The summed E-state index contributed by atoms with van der Waals surface area (Å²) in [6, 6.07) is 4.88. The van der Waals surface area contributed by atoms with Crippen LogP contribution in [0, 0.1) is 0 Å². The molecule has 0 N–H and O–H groups in total. The van der Waals surface area contributed by atoms with Crippen LogP contribution in [0.4, 0.5) is 0 Å². The van der Waals surface area contributed by atoms with E-state index in [0.717, 1.165) is 0 Å². The number of carbonyl (C=O) groups is 1. The summed E-state index contributed by atoms with van der Waals surface area (Å²) in [5, 5.41) is 4.75. The Balaban J connectivity index is 2.59. The first-order valence-corrected chi connectivity index (χ1v) is 5.82. The molecule has 17 heavy (non-hydrogen) atoms. The number of aromatic nitrogens is 2. The molecule has 0 radical (unpaired) electrons. The molecule has 3 nitrogen and oxygen atoms in total. The van der Waals surface area contributed by atoms with Crippen LogP contribution in [-0.2, 0) is 7.05 Å². The van der Waals surface area contributed by atoms with Crippen LogP contribution < -0.4 is 0 Å². The maximum Gasteiger partial charge on any atom is 0.215 e. The lowest BCUT2D eigenvalue weighted by molar-refractivity contribution is 0.103. The van der Waals surface area contributed by atoms with Gasteiger partial charge in [-0.3, -0.25) is 9.48 Å². The maximum absolute atomic E-state index is 12.3. The largest absolute Gasteiger partial charge is 0.287 e. The standard InChI is InChI=1S/C11H7Cl3N2O/c1-16-10(8(14)5-15-16)11(17)9-6(12)3-2-4-7(9)13/h2-5H,1H3. The van der Waals surface area contributed by atoms with Crippen molar-refractivity contribution in [2.75, 3.05) is 0 Å². The van der Waals surface area contributed by atoms with E-state index in [1.54, 1.807) is 25.2 Å². The molecular weight excluding hydrogens is 282 g/mol. The van der Waals surface area contributed by atoms with Gasteiger partial charge < -0.3 is 0 Å². The molecule has 1 aromatic carbocycles. The number of hydrogen-bond donors (Lipinski definition) is 0. The number of nitrogens with zero attached hydrogens (tertiary/aromatic N) is 2. The van der Waals surface area contributed by atoms with Crippen molar-refractivity contribution in [3.8, 4) is 0 Å². The van der Waals surface area contributed by atoms with Crippen molar-refractivity contribution in [3.63, 3.8) is 0 Å². The molecule has 88 valence electrons. The summed E-state index contributed by atoms with van der Waals surface area (Å²) < 4.78 is 1.39. The molecule has 1 aromatic heterocycles. The second-order valence-corrected chi connectivity index (χ2v) is 4.61. The molecule has 0 amide bonds. The average Bonchev–Trinajstić information content (AvgIpc) is 2.58. The van der Waals surface area contributed by atoms with Crippen LogP contribution in [0.1, 0.15) is 16.1 Å². The first-order valence-electron chi connectivity index (χ1n) is 4.68. The van der Waals surface area contributed by atoms with Gasteiger partial charge in [0.1, 0.15) is 5.69 Å². The minimum absolute atomic E-state index is 0.237. The van der Waals surface area contributed by atoms with E-state index in [0.29, 0.717) is 10.0 Å². The Kier molecular flexibility index (Phi) is 3.43. The van der Waals surface area contributed by atoms with Gasteiger partial charge in [-0.1, -0.05) is 40.9 Å². The fourth-order valence-electron chi connectivity index (χ4n) is 1.50. The van der Waals surface area contributed by atoms with Crippen molar-refractivity contribution in [3.05, 3.63) is 50.7 Å². The summed E-state index contributed by atoms with van der Waals surface area (Å²) in [5.41, 5.74) is 0.503. The average molecular weight is 290 g/mol. The van der Waals surface area contributed by atoms with Gasteiger partial charge in [0, 0.05) is 7.05 Å². The van der Waals surface area contributed by atoms with Crippen LogP contribution in [0.15, 0.2) is 24.4 Å². The quantitative estimate of drug-likeness (QED) is 0.792. The van der Waals surface area contributed by atoms with Crippen LogP contribution in [0.5, 0.6) is 0 Å². The molecule has 0 unspecified atom stereocenters. The first-order chi connectivity index (χ1) is 8.02. The monoisotopic (exact) mass is 288 g/mol. The number of aryl methyl sites for hydroxylation is 1. The molecule has 2 aromatic rings. The van der Waals surface area contributed by atoms with E-state index < -0.39 is 0 Å². The summed E-state index contributed by atoms with van der Waals surface area (Å²) in [7, 11) is 1.63. The third kappa shape index (κ3) is 2.18. The SMILES string of the molecule is Cn1ncc(Cl)c1C(=O)c1c(Cl)cccc1Cl. The van der Waals surface area contributed by atoms with E-state index in [2.05, 4.69) is 5.10 Å². The van der Waals surface area contributed by atoms with E-state index in [1.807, 2.05) is 0 Å². The normalized spacial score (nSPS) is 10.6. The zero-order valence-corrected chi connectivity index (χ0v) is 11.0. The topological polar surface area (TPSA) is 34.9 Å². The van der Waals surface area contributed by atoms with Crippen molar-refractivity contribution in [1.82, 2.24) is 9.78 Å². The Bertz CT molecular complexity index is 553. The summed E-state index contributed by atoms with van der Waals surface area (Å²) in [6.45, 7) is 0. The number of hydrogen-bond acceptors (Lipinski definition) is 2. The van der Waals surface area contributed by atoms with Crippen LogP contribution in [0.2, 0.25) is 15.1 Å². The second-order valence-electron chi connectivity index (χ2n) is 3.39. The molecule has 0 bridgehead atoms. The Morgan fingerprint density at radius 2 is 1.76 bits per heavy atom. The van der Waals surface area contributed by atoms with Gasteiger partial charge in [0.15, 0.2) is 0 Å². The zero-order chi connectivity index (χ0) is 12.6. The van der Waals surface area contributed by atoms with E-state index in [4.69, 9.17) is 34.8 Å². The fourth-order valence-corrected chi connectivity index (χ4v) is 2.32. The Hall–Kier alpha value is -1.03. The smallest absolute Gasteiger partial charge is 0.215 e. The molecule has 2 rings (SSSR count). The fraction of sp³-hybridized carbons (Fsp3) is 0.0909. The van der Waals surface area contributed by atoms with Crippen LogP contribution in [0.3, 0.4) is 0 Å². The van der Waals surface area contributed by atoms with Gasteiger partial charge >= 0.3 is 0 Å². The summed E-state index contributed by atoms with van der Waals surface area (Å²) in [5.74, 6) is -0.342. The highest BCUT2D eigenvalue weighted by molar-refractivity contribution is 6.42. The molecule has 0 fully saturated rings. The Morgan fingerprint density at radius 3 is 2.24 bits per heavy atom. The highest BCUT2D eigenvalue weighted by Gasteiger charge is 2.22. The molecule has 6 heteroatoms. The zero-order valence-electron chi connectivity index (χ0n) is 8.75. The molecule has 0 spiro atoms. The van der Waals surface area contributed by atoms with Gasteiger partial charge in [0.2, 0.25) is 5.78 Å². The van der Waals surface area contributed by atoms with Gasteiger partial charge in [-0.25, -0.2) is 0 Å². The number of rotatable bonds is 2. The van der Waals surface area contributed by atoms with Crippen molar-refractivity contribution >= 4 is 40.6 Å². The minimum Gasteiger partial charge on any atom is -0.287 e. The van der Waals surface area contributed by atoms with E-state index in [-0.39, 0.29) is 22.1 Å². The van der Waals surface area contributed by atoms with Crippen molar-refractivity contribution < 1.29 is 4.79 Å². The molecule has 0 aliphatic heterocycles. The lowest BCUT2D eigenvalue weighted by Crippen LogP contribution is -2.10. The van der Waals surface area contributed by atoms with Gasteiger partial charge in [0.25, 0.3) is 0 Å². The second kappa shape index (κ2) is 4.69. The minimum atomic E-state index is -0.342. The van der Waals surface area contributed by atoms with Crippen molar-refractivity contribution in [2.24, 2.45) is 7.05 Å². The predicted octanol–water partition coefficient (Wildman–Crippen LogP) is 3.61. The van der Waals surface area contributed by atoms with Gasteiger partial charge in [-0.05, 0) is 12.1 Å². The lowest BCUT2D eigenvalue weighted by atomic mass is 10.1. The van der Waals surface area contributed by atoms with E-state index in [9.17, 15) is 4.79 Å². The van der Waals surface area contributed by atoms with Crippen LogP contribution >= 0.6 is 34.8 Å². The molecule has 1 heterocycles. The molecule has 0 saturated heterocycles. The Labute approximate surface area is 113 Å². The van der Waals surface area contributed by atoms with Crippen molar-refractivity contribution in [2.45, 2.75) is 0 Å². The van der Waals surface area contributed by atoms with E-state index >= 15 is 0 Å². The molecular formula is C11H7Cl3N2O. The van der Waals surface area contributed by atoms with Crippen molar-refractivity contribution in [1.29, 1.82) is 0 Å². The van der Waals surface area contributed by atoms with Crippen LogP contribution in [0.25, 0.3) is 0 Å². The number of halogens is 3. The summed E-state index contributed by atoms with van der Waals surface area (Å²) in [4.78, 5) is 12.3. The number of carbonyl (C=O) groups excluding carboxylic acids is 1. The van der Waals surface area contributed by atoms with Gasteiger partial charge in [-0.2, -0.15) is 5.10 Å². The molecule has 0 aliphatic carbocycles. The maximum atomic E-state index is 12.3. The Morgan fingerprint density at radius 1 is 1.18 bits per heavy atom. The highest BCUT2D eigenvalue weighted by Crippen LogP contribution is 2.28. The molecule has 0 atom stereocenters.